The highest BCUT2D eigenvalue weighted by Crippen LogP contribution is 2.35. The molecular formula is C27H37F3N6O. The van der Waals surface area contributed by atoms with Crippen molar-refractivity contribution in [3.63, 3.8) is 0 Å². The summed E-state index contributed by atoms with van der Waals surface area (Å²) in [5.74, 6) is 0.576. The third kappa shape index (κ3) is 6.91. The Labute approximate surface area is 216 Å². The number of nitrogens with zero attached hydrogens (tertiary/aromatic N) is 4. The van der Waals surface area contributed by atoms with E-state index >= 15 is 0 Å². The van der Waals surface area contributed by atoms with Gasteiger partial charge in [0.25, 0.3) is 0 Å². The SMILES string of the molecule is Cc1cc(C2CCN(C)CC2)ccc1Nc1ncc(C(F)(F)F)c(NCCCN(C)C(=O)C2CCC2)n1. The van der Waals surface area contributed by atoms with Crippen LogP contribution in [0.5, 0.6) is 0 Å². The lowest BCUT2D eigenvalue weighted by Crippen LogP contribution is -2.37. The fourth-order valence-electron chi connectivity index (χ4n) is 4.93. The summed E-state index contributed by atoms with van der Waals surface area (Å²) >= 11 is 0. The summed E-state index contributed by atoms with van der Waals surface area (Å²) in [6.07, 6.45) is 1.90. The van der Waals surface area contributed by atoms with Crippen LogP contribution in [0.1, 0.15) is 61.1 Å². The number of amides is 1. The minimum atomic E-state index is -4.58. The number of aryl methyl sites for hydroxylation is 1. The molecular weight excluding hydrogens is 481 g/mol. The van der Waals surface area contributed by atoms with Crippen LogP contribution in [0.2, 0.25) is 0 Å². The van der Waals surface area contributed by atoms with Crippen LogP contribution in [0.4, 0.5) is 30.6 Å². The first-order chi connectivity index (χ1) is 17.6. The number of likely N-dealkylation sites (tertiary alicyclic amines) is 1. The van der Waals surface area contributed by atoms with Gasteiger partial charge in [-0.3, -0.25) is 4.79 Å². The molecule has 37 heavy (non-hydrogen) atoms. The molecule has 202 valence electrons. The van der Waals surface area contributed by atoms with Crippen molar-refractivity contribution in [1.29, 1.82) is 0 Å². The van der Waals surface area contributed by atoms with Crippen LogP contribution in [-0.2, 0) is 11.0 Å². The van der Waals surface area contributed by atoms with Crippen LogP contribution < -0.4 is 10.6 Å². The van der Waals surface area contributed by atoms with Gasteiger partial charge in [-0.2, -0.15) is 18.2 Å². The van der Waals surface area contributed by atoms with E-state index in [0.717, 1.165) is 62.6 Å². The minimum absolute atomic E-state index is 0.0999. The number of hydrogen-bond acceptors (Lipinski definition) is 6. The van der Waals surface area contributed by atoms with Gasteiger partial charge in [-0.1, -0.05) is 18.6 Å². The number of rotatable bonds is 9. The number of carbonyl (C=O) groups excluding carboxylic acids is 1. The number of nitrogens with one attached hydrogen (secondary N) is 2. The van der Waals surface area contributed by atoms with E-state index < -0.39 is 11.7 Å². The quantitative estimate of drug-likeness (QED) is 0.432. The Morgan fingerprint density at radius 2 is 1.92 bits per heavy atom. The van der Waals surface area contributed by atoms with E-state index in [-0.39, 0.29) is 30.1 Å². The zero-order chi connectivity index (χ0) is 26.6. The molecule has 2 aromatic rings. The van der Waals surface area contributed by atoms with Crippen molar-refractivity contribution in [2.75, 3.05) is 50.9 Å². The summed E-state index contributed by atoms with van der Waals surface area (Å²) in [4.78, 5) is 24.4. The van der Waals surface area contributed by atoms with E-state index in [9.17, 15) is 18.0 Å². The van der Waals surface area contributed by atoms with Crippen molar-refractivity contribution >= 4 is 23.4 Å². The number of alkyl halides is 3. The van der Waals surface area contributed by atoms with E-state index in [1.165, 1.54) is 5.56 Å². The van der Waals surface area contributed by atoms with Crippen LogP contribution in [0.3, 0.4) is 0 Å². The van der Waals surface area contributed by atoms with E-state index in [1.54, 1.807) is 11.9 Å². The van der Waals surface area contributed by atoms with Crippen molar-refractivity contribution in [3.05, 3.63) is 41.1 Å². The molecule has 0 bridgehead atoms. The molecule has 0 atom stereocenters. The summed E-state index contributed by atoms with van der Waals surface area (Å²) in [5.41, 5.74) is 2.13. The predicted molar refractivity (Wildman–Crippen MR) is 139 cm³/mol. The van der Waals surface area contributed by atoms with Gasteiger partial charge in [0.15, 0.2) is 0 Å². The van der Waals surface area contributed by atoms with E-state index in [2.05, 4.69) is 44.7 Å². The number of halogens is 3. The van der Waals surface area contributed by atoms with Crippen LogP contribution >= 0.6 is 0 Å². The van der Waals surface area contributed by atoms with Gasteiger partial charge in [-0.25, -0.2) is 4.98 Å². The molecule has 10 heteroatoms. The smallest absolute Gasteiger partial charge is 0.369 e. The van der Waals surface area contributed by atoms with Gasteiger partial charge in [0.1, 0.15) is 11.4 Å². The maximum absolute atomic E-state index is 13.6. The summed E-state index contributed by atoms with van der Waals surface area (Å²) in [5, 5.41) is 5.90. The Bertz CT molecular complexity index is 1080. The first-order valence-electron chi connectivity index (χ1n) is 13.1. The molecule has 2 heterocycles. The minimum Gasteiger partial charge on any atom is -0.369 e. The zero-order valence-corrected chi connectivity index (χ0v) is 21.9. The lowest BCUT2D eigenvalue weighted by molar-refractivity contribution is -0.137. The van der Waals surface area contributed by atoms with Crippen molar-refractivity contribution in [2.45, 2.75) is 57.5 Å². The van der Waals surface area contributed by atoms with Gasteiger partial charge in [0.2, 0.25) is 11.9 Å². The molecule has 1 aromatic heterocycles. The second kappa shape index (κ2) is 11.7. The van der Waals surface area contributed by atoms with Crippen molar-refractivity contribution < 1.29 is 18.0 Å². The summed E-state index contributed by atoms with van der Waals surface area (Å²) < 4.78 is 40.8. The van der Waals surface area contributed by atoms with Crippen LogP contribution in [0.25, 0.3) is 0 Å². The van der Waals surface area contributed by atoms with Crippen molar-refractivity contribution in [1.82, 2.24) is 19.8 Å². The van der Waals surface area contributed by atoms with E-state index in [1.807, 2.05) is 13.0 Å². The maximum Gasteiger partial charge on any atom is 0.421 e. The van der Waals surface area contributed by atoms with Gasteiger partial charge < -0.3 is 20.4 Å². The lowest BCUT2D eigenvalue weighted by atomic mass is 9.84. The molecule has 2 aliphatic rings. The normalized spacial score (nSPS) is 17.4. The van der Waals surface area contributed by atoms with Crippen LogP contribution in [-0.4, -0.2) is 65.9 Å². The Balaban J connectivity index is 1.39. The van der Waals surface area contributed by atoms with Crippen molar-refractivity contribution in [3.8, 4) is 0 Å². The van der Waals surface area contributed by atoms with Crippen LogP contribution in [0.15, 0.2) is 24.4 Å². The molecule has 4 rings (SSSR count). The molecule has 1 saturated heterocycles. The van der Waals surface area contributed by atoms with Gasteiger partial charge in [0.05, 0.1) is 0 Å². The maximum atomic E-state index is 13.6. The highest BCUT2D eigenvalue weighted by atomic mass is 19.4. The summed E-state index contributed by atoms with van der Waals surface area (Å²) in [6.45, 7) is 4.86. The highest BCUT2D eigenvalue weighted by molar-refractivity contribution is 5.79. The second-order valence-electron chi connectivity index (χ2n) is 10.4. The largest absolute Gasteiger partial charge is 0.421 e. The molecule has 0 spiro atoms. The average molecular weight is 519 g/mol. The molecule has 1 aromatic carbocycles. The monoisotopic (exact) mass is 518 g/mol. The fourth-order valence-corrected chi connectivity index (χ4v) is 4.93. The number of carbonyl (C=O) groups is 1. The van der Waals surface area contributed by atoms with Gasteiger partial charge in [0, 0.05) is 37.9 Å². The van der Waals surface area contributed by atoms with Crippen molar-refractivity contribution in [2.24, 2.45) is 5.92 Å². The standard InChI is InChI=1S/C27H37F3N6O/c1-18-16-21(19-10-14-35(2)15-11-19)8-9-23(18)33-26-32-17-22(27(28,29)30)24(34-26)31-12-5-13-36(3)25(37)20-6-4-7-20/h8-9,16-17,19-20H,4-7,10-15H2,1-3H3,(H2,31,32,33,34). The van der Waals surface area contributed by atoms with Crippen LogP contribution in [0, 0.1) is 12.8 Å². The fraction of sp³-hybridized carbons (Fsp3) is 0.593. The number of piperidine rings is 1. The Morgan fingerprint density at radius 3 is 2.54 bits per heavy atom. The molecule has 0 unspecified atom stereocenters. The molecule has 0 radical (unpaired) electrons. The topological polar surface area (TPSA) is 73.4 Å². The Kier molecular flexibility index (Phi) is 8.56. The molecule has 1 aliphatic heterocycles. The number of anilines is 3. The number of hydrogen-bond donors (Lipinski definition) is 2. The lowest BCUT2D eigenvalue weighted by Gasteiger charge is -2.29. The van der Waals surface area contributed by atoms with E-state index in [4.69, 9.17) is 0 Å². The highest BCUT2D eigenvalue weighted by Gasteiger charge is 2.35. The molecule has 1 amide bonds. The second-order valence-corrected chi connectivity index (χ2v) is 10.4. The third-order valence-electron chi connectivity index (χ3n) is 7.57. The Hall–Kier alpha value is -2.88. The predicted octanol–water partition coefficient (Wildman–Crippen LogP) is 5.42. The zero-order valence-electron chi connectivity index (χ0n) is 21.9. The third-order valence-corrected chi connectivity index (χ3v) is 7.57. The summed E-state index contributed by atoms with van der Waals surface area (Å²) in [7, 11) is 3.88. The molecule has 1 aliphatic carbocycles. The molecule has 2 N–H and O–H groups in total. The average Bonchev–Trinajstić information content (AvgIpc) is 2.81. The number of benzene rings is 1. The van der Waals surface area contributed by atoms with Gasteiger partial charge in [-0.15, -0.1) is 0 Å². The van der Waals surface area contributed by atoms with Gasteiger partial charge in [-0.05, 0) is 82.3 Å². The van der Waals surface area contributed by atoms with Gasteiger partial charge >= 0.3 is 6.18 Å². The first-order valence-corrected chi connectivity index (χ1v) is 13.1. The summed E-state index contributed by atoms with van der Waals surface area (Å²) in [6, 6.07) is 6.17. The molecule has 1 saturated carbocycles. The molecule has 7 nitrogen and oxygen atoms in total. The van der Waals surface area contributed by atoms with E-state index in [0.29, 0.717) is 18.9 Å². The molecule has 2 fully saturated rings. The number of aromatic nitrogens is 2. The first kappa shape index (κ1) is 27.2. The Morgan fingerprint density at radius 1 is 1.19 bits per heavy atom.